The van der Waals surface area contributed by atoms with Gasteiger partial charge in [-0.25, -0.2) is 15.0 Å². The number of thiazole rings is 3. The average Bonchev–Trinajstić information content (AvgIpc) is 3.71. The summed E-state index contributed by atoms with van der Waals surface area (Å²) in [6.45, 7) is 5.28. The second-order valence-corrected chi connectivity index (χ2v) is 20.6. The van der Waals surface area contributed by atoms with Gasteiger partial charge in [0.2, 0.25) is 0 Å². The maximum atomic E-state index is 9.35. The number of benzene rings is 3. The summed E-state index contributed by atoms with van der Waals surface area (Å²) in [6.07, 6.45) is 0. The minimum absolute atomic E-state index is 0. The Hall–Kier alpha value is -1.15. The predicted octanol–water partition coefficient (Wildman–Crippen LogP) is 12.6. The number of ether oxygens (including phenoxy) is 3. The zero-order valence-electron chi connectivity index (χ0n) is 25.4. The summed E-state index contributed by atoms with van der Waals surface area (Å²) in [4.78, 5) is 26.3. The Morgan fingerprint density at radius 2 is 1.23 bits per heavy atom. The Bertz CT molecular complexity index is 1790. The number of aromatic nitrogens is 3. The van der Waals surface area contributed by atoms with Gasteiger partial charge in [-0.05, 0) is 117 Å². The van der Waals surface area contributed by atoms with Crippen molar-refractivity contribution in [3.63, 3.8) is 0 Å². The summed E-state index contributed by atoms with van der Waals surface area (Å²) in [5, 5.41) is 2.85. The van der Waals surface area contributed by atoms with E-state index >= 15 is 0 Å². The summed E-state index contributed by atoms with van der Waals surface area (Å²) >= 11 is 22.2. The van der Waals surface area contributed by atoms with Gasteiger partial charge in [0.25, 0.3) is 0 Å². The van der Waals surface area contributed by atoms with Gasteiger partial charge in [0.05, 0.1) is 56.5 Å². The molecule has 3 aromatic heterocycles. The molecule has 0 aliphatic rings. The molecule has 0 aliphatic heterocycles. The maximum absolute atomic E-state index is 9.35. The van der Waals surface area contributed by atoms with Gasteiger partial charge in [-0.1, -0.05) is 18.8 Å². The van der Waals surface area contributed by atoms with Crippen LogP contribution in [0.4, 0.5) is 5.13 Å². The van der Waals surface area contributed by atoms with Gasteiger partial charge in [0.1, 0.15) is 22.8 Å². The fraction of sp³-hybridized carbons (Fsp3) is 0.276. The van der Waals surface area contributed by atoms with Crippen molar-refractivity contribution in [3.8, 4) is 17.2 Å². The van der Waals surface area contributed by atoms with Crippen LogP contribution in [0.3, 0.4) is 0 Å². The summed E-state index contributed by atoms with van der Waals surface area (Å²) in [6, 6.07) is 15.4. The molecule has 6 rings (SSSR count). The van der Waals surface area contributed by atoms with Crippen LogP contribution in [0.1, 0.15) is 28.2 Å². The van der Waals surface area contributed by atoms with Crippen LogP contribution in [0.25, 0.3) is 30.6 Å². The van der Waals surface area contributed by atoms with Crippen molar-refractivity contribution in [2.75, 3.05) is 27.1 Å². The van der Waals surface area contributed by atoms with Crippen molar-refractivity contribution >= 4 is 146 Å². The Labute approximate surface area is 336 Å². The predicted molar refractivity (Wildman–Crippen MR) is 217 cm³/mol. The SMILES string of the molecule is C.CC(C)(C)ON=O.COc1ccc2nc(Br)sc2c1.COc1ccc2nc(Br)sc2c1Br.COc1ccc2nc(N)sc2c1.[Br][Cu][Br]. The van der Waals surface area contributed by atoms with Gasteiger partial charge < -0.3 is 24.8 Å². The molecule has 0 radical (unpaired) electrons. The van der Waals surface area contributed by atoms with E-state index in [1.165, 1.54) is 22.7 Å². The molecule has 0 spiro atoms. The summed E-state index contributed by atoms with van der Waals surface area (Å²) in [5.41, 5.74) is 8.03. The van der Waals surface area contributed by atoms with Crippen LogP contribution in [-0.2, 0) is 16.2 Å². The first-order valence-corrected chi connectivity index (χ1v) is 22.2. The van der Waals surface area contributed by atoms with E-state index in [-0.39, 0.29) is 7.43 Å². The number of hydrogen-bond acceptors (Lipinski definition) is 13. The zero-order valence-corrected chi connectivity index (χ0v) is 36.8. The molecule has 267 valence electrons. The molecule has 0 fully saturated rings. The number of hydrogen-bond donors (Lipinski definition) is 1. The van der Waals surface area contributed by atoms with Gasteiger partial charge in [0, 0.05) is 0 Å². The van der Waals surface area contributed by atoms with E-state index in [1.54, 1.807) is 64.8 Å². The molecule has 0 saturated heterocycles. The third kappa shape index (κ3) is 15.0. The van der Waals surface area contributed by atoms with Crippen LogP contribution >= 0.6 is 110 Å². The molecule has 0 atom stereocenters. The molecule has 3 aromatic carbocycles. The van der Waals surface area contributed by atoms with E-state index in [9.17, 15) is 4.91 Å². The van der Waals surface area contributed by atoms with Crippen LogP contribution in [0.2, 0.25) is 0 Å². The quantitative estimate of drug-likeness (QED) is 0.104. The number of fused-ring (bicyclic) bond motifs is 3. The third-order valence-electron chi connectivity index (χ3n) is 5.15. The fourth-order valence-corrected chi connectivity index (χ4v) is 7.57. The van der Waals surface area contributed by atoms with Gasteiger partial charge >= 0.3 is 39.6 Å². The molecule has 3 heterocycles. The molecule has 0 unspecified atom stereocenters. The first kappa shape index (κ1) is 44.9. The van der Waals surface area contributed by atoms with Crippen molar-refractivity contribution in [2.45, 2.75) is 33.8 Å². The Kier molecular flexibility index (Phi) is 21.1. The number of nitrogens with zero attached hydrogens (tertiary/aromatic N) is 4. The first-order valence-electron chi connectivity index (χ1n) is 12.7. The zero-order chi connectivity index (χ0) is 35.1. The Morgan fingerprint density at radius 3 is 1.71 bits per heavy atom. The second kappa shape index (κ2) is 22.6. The molecule has 0 aliphatic carbocycles. The van der Waals surface area contributed by atoms with E-state index < -0.39 is 5.60 Å². The topological polar surface area (TPSA) is 131 Å². The minimum atomic E-state index is -0.429. The summed E-state index contributed by atoms with van der Waals surface area (Å²) in [5.74, 6) is 2.55. The van der Waals surface area contributed by atoms with Crippen molar-refractivity contribution in [1.82, 2.24) is 15.0 Å². The van der Waals surface area contributed by atoms with Gasteiger partial charge in [-0.2, -0.15) is 0 Å². The van der Waals surface area contributed by atoms with E-state index in [2.05, 4.69) is 101 Å². The van der Waals surface area contributed by atoms with Crippen molar-refractivity contribution in [3.05, 3.63) is 65.7 Å². The van der Waals surface area contributed by atoms with Gasteiger partial charge in [0.15, 0.2) is 18.3 Å². The van der Waals surface area contributed by atoms with E-state index in [0.29, 0.717) is 5.13 Å². The molecule has 2 N–H and O–H groups in total. The molecule has 19 heteroatoms. The van der Waals surface area contributed by atoms with E-state index in [1.807, 2.05) is 48.5 Å². The number of nitrogen functional groups attached to an aromatic ring is 1. The molecule has 6 aromatic rings. The number of rotatable bonds is 4. The van der Waals surface area contributed by atoms with E-state index in [4.69, 9.17) is 19.9 Å². The number of anilines is 1. The van der Waals surface area contributed by atoms with E-state index in [0.717, 1.165) is 60.2 Å². The number of halogens is 5. The molecule has 48 heavy (non-hydrogen) atoms. The molecule has 10 nitrogen and oxygen atoms in total. The van der Waals surface area contributed by atoms with Crippen molar-refractivity contribution < 1.29 is 30.4 Å². The molecule has 0 saturated carbocycles. The summed E-state index contributed by atoms with van der Waals surface area (Å²) in [7, 11) is 4.96. The number of methoxy groups -OCH3 is 3. The third-order valence-corrected chi connectivity index (χ3v) is 10.1. The number of nitrogens with two attached hydrogens (primary N) is 1. The van der Waals surface area contributed by atoms with Crippen molar-refractivity contribution in [2.24, 2.45) is 5.34 Å². The monoisotopic (exact) mass is 1080 g/mol. The molecule has 0 amide bonds. The second-order valence-electron chi connectivity index (χ2n) is 9.40. The normalized spacial score (nSPS) is 10.1. The molecule has 0 bridgehead atoms. The van der Waals surface area contributed by atoms with Crippen LogP contribution in [0.5, 0.6) is 17.2 Å². The van der Waals surface area contributed by atoms with Gasteiger partial charge in [-0.15, -0.1) is 27.6 Å². The van der Waals surface area contributed by atoms with Crippen LogP contribution in [0, 0.1) is 4.91 Å². The fourth-order valence-electron chi connectivity index (χ4n) is 3.24. The Balaban J connectivity index is 0.000000315. The van der Waals surface area contributed by atoms with Crippen LogP contribution in [0.15, 0.2) is 66.2 Å². The van der Waals surface area contributed by atoms with Crippen molar-refractivity contribution in [1.29, 1.82) is 0 Å². The van der Waals surface area contributed by atoms with Gasteiger partial charge in [-0.3, -0.25) is 0 Å². The first-order chi connectivity index (χ1) is 22.3. The summed E-state index contributed by atoms with van der Waals surface area (Å²) < 4.78 is 21.4. The van der Waals surface area contributed by atoms with Crippen LogP contribution in [-0.4, -0.2) is 41.9 Å². The standard InChI is InChI=1S/C8H5Br2NOS.C8H6BrNOS.C8H8N2OS.C4H9NO2.CH4.2BrH.Cu/c1-12-5-3-2-4-7(6(5)9)13-8(10)11-4;2*1-11-5-2-3-6-7(4-5)12-8(9)10-6;1-4(2,3)7-5-6;;;;/h2-3H,1H3;2-4H,1H3;2-4H,1H3,(H2,9,10);1-3H3;1H4;2*1H;/q;;;;;;;+2/p-2. The Morgan fingerprint density at radius 1 is 0.750 bits per heavy atom. The average molecular weight is 1090 g/mol. The van der Waals surface area contributed by atoms with Crippen LogP contribution < -0.4 is 19.9 Å². The molecular formula is C29H32Br5CuN5O5S3. The molecular weight excluding hydrogens is 1060 g/mol.